The summed E-state index contributed by atoms with van der Waals surface area (Å²) in [7, 11) is 0. The summed E-state index contributed by atoms with van der Waals surface area (Å²) in [6.07, 6.45) is -0.786. The highest BCUT2D eigenvalue weighted by Gasteiger charge is 2.34. The van der Waals surface area contributed by atoms with Gasteiger partial charge in [0.25, 0.3) is 5.91 Å². The van der Waals surface area contributed by atoms with E-state index in [1.165, 1.54) is 36.4 Å². The van der Waals surface area contributed by atoms with Crippen molar-refractivity contribution in [2.45, 2.75) is 12.1 Å². The van der Waals surface area contributed by atoms with Gasteiger partial charge in [-0.1, -0.05) is 24.3 Å². The molecule has 0 radical (unpaired) electrons. The molecule has 1 saturated heterocycles. The van der Waals surface area contributed by atoms with E-state index >= 15 is 0 Å². The van der Waals surface area contributed by atoms with Gasteiger partial charge in [0.05, 0.1) is 6.04 Å². The zero-order valence-electron chi connectivity index (χ0n) is 18.4. The van der Waals surface area contributed by atoms with Crippen LogP contribution >= 0.6 is 0 Å². The van der Waals surface area contributed by atoms with Crippen molar-refractivity contribution in [3.8, 4) is 17.2 Å². The number of hydrogen-bond acceptors (Lipinski definition) is 5. The molecule has 0 aliphatic carbocycles. The summed E-state index contributed by atoms with van der Waals surface area (Å²) < 4.78 is 38.5. The van der Waals surface area contributed by atoms with Crippen molar-refractivity contribution < 1.29 is 28.2 Å². The SMILES string of the molecule is O=C(C1COc2ccc(O)cc2O1)N1CCN(C(c2ccc(F)cc2)c2ccc(F)cc2)CC1. The Morgan fingerprint density at radius 1 is 0.853 bits per heavy atom. The Kier molecular flexibility index (Phi) is 6.06. The Morgan fingerprint density at radius 2 is 1.44 bits per heavy atom. The highest BCUT2D eigenvalue weighted by molar-refractivity contribution is 5.82. The fourth-order valence-corrected chi connectivity index (χ4v) is 4.49. The molecule has 0 aromatic heterocycles. The van der Waals surface area contributed by atoms with Crippen molar-refractivity contribution in [1.82, 2.24) is 9.80 Å². The van der Waals surface area contributed by atoms with Crippen LogP contribution in [0, 0.1) is 11.6 Å². The Morgan fingerprint density at radius 3 is 2.03 bits per heavy atom. The predicted octanol–water partition coefficient (Wildman–Crippen LogP) is 3.74. The Labute approximate surface area is 195 Å². The lowest BCUT2D eigenvalue weighted by Crippen LogP contribution is -2.54. The van der Waals surface area contributed by atoms with Gasteiger partial charge in [0.15, 0.2) is 11.5 Å². The molecule has 0 bridgehead atoms. The van der Waals surface area contributed by atoms with Gasteiger partial charge < -0.3 is 19.5 Å². The van der Waals surface area contributed by atoms with Crippen LogP contribution in [-0.4, -0.2) is 59.7 Å². The van der Waals surface area contributed by atoms with Gasteiger partial charge in [-0.2, -0.15) is 0 Å². The first-order valence-corrected chi connectivity index (χ1v) is 11.1. The van der Waals surface area contributed by atoms with Crippen LogP contribution in [-0.2, 0) is 4.79 Å². The highest BCUT2D eigenvalue weighted by Crippen LogP contribution is 2.35. The molecule has 2 aliphatic heterocycles. The van der Waals surface area contributed by atoms with Crippen LogP contribution in [0.3, 0.4) is 0 Å². The number of phenols is 1. The third-order valence-electron chi connectivity index (χ3n) is 6.22. The van der Waals surface area contributed by atoms with Crippen molar-refractivity contribution in [1.29, 1.82) is 0 Å². The second kappa shape index (κ2) is 9.30. The van der Waals surface area contributed by atoms with Crippen LogP contribution in [0.5, 0.6) is 17.2 Å². The van der Waals surface area contributed by atoms with E-state index in [-0.39, 0.29) is 35.9 Å². The van der Waals surface area contributed by atoms with E-state index in [2.05, 4.69) is 4.90 Å². The van der Waals surface area contributed by atoms with Gasteiger partial charge in [-0.05, 0) is 47.5 Å². The molecule has 0 spiro atoms. The summed E-state index contributed by atoms with van der Waals surface area (Å²) in [5, 5.41) is 9.68. The lowest BCUT2D eigenvalue weighted by molar-refractivity contribution is -0.143. The number of carbonyl (C=O) groups is 1. The quantitative estimate of drug-likeness (QED) is 0.635. The molecule has 1 fully saturated rings. The number of carbonyl (C=O) groups excluding carboxylic acids is 1. The van der Waals surface area contributed by atoms with Gasteiger partial charge >= 0.3 is 0 Å². The number of nitrogens with zero attached hydrogens (tertiary/aromatic N) is 2. The monoisotopic (exact) mass is 466 g/mol. The van der Waals surface area contributed by atoms with Crippen molar-refractivity contribution in [3.05, 3.63) is 89.5 Å². The number of hydrogen-bond donors (Lipinski definition) is 1. The van der Waals surface area contributed by atoms with E-state index in [1.54, 1.807) is 35.2 Å². The second-order valence-electron chi connectivity index (χ2n) is 8.42. The van der Waals surface area contributed by atoms with Crippen molar-refractivity contribution in [2.24, 2.45) is 0 Å². The number of phenolic OH excluding ortho intramolecular Hbond substituents is 1. The lowest BCUT2D eigenvalue weighted by Gasteiger charge is -2.41. The van der Waals surface area contributed by atoms with E-state index in [9.17, 15) is 18.7 Å². The van der Waals surface area contributed by atoms with Crippen LogP contribution in [0.25, 0.3) is 0 Å². The minimum absolute atomic E-state index is 0.0386. The average molecular weight is 466 g/mol. The molecular weight excluding hydrogens is 442 g/mol. The molecule has 6 nitrogen and oxygen atoms in total. The van der Waals surface area contributed by atoms with E-state index in [4.69, 9.17) is 9.47 Å². The first-order chi connectivity index (χ1) is 16.5. The van der Waals surface area contributed by atoms with E-state index in [0.29, 0.717) is 37.7 Å². The van der Waals surface area contributed by atoms with Gasteiger partial charge in [0, 0.05) is 32.2 Å². The predicted molar refractivity (Wildman–Crippen MR) is 121 cm³/mol. The maximum atomic E-state index is 13.5. The molecule has 0 saturated carbocycles. The molecule has 176 valence electrons. The van der Waals surface area contributed by atoms with Crippen LogP contribution < -0.4 is 9.47 Å². The molecule has 1 unspecified atom stereocenters. The first kappa shape index (κ1) is 22.2. The Hall–Kier alpha value is -3.65. The molecule has 3 aromatic rings. The zero-order valence-corrected chi connectivity index (χ0v) is 18.4. The first-order valence-electron chi connectivity index (χ1n) is 11.1. The largest absolute Gasteiger partial charge is 0.508 e. The topological polar surface area (TPSA) is 62.2 Å². The van der Waals surface area contributed by atoms with Crippen molar-refractivity contribution >= 4 is 5.91 Å². The number of ether oxygens (including phenoxy) is 2. The van der Waals surface area contributed by atoms with Crippen LogP contribution in [0.2, 0.25) is 0 Å². The summed E-state index contributed by atoms with van der Waals surface area (Å²) in [6.45, 7) is 2.21. The molecular formula is C26H24F2N2O4. The molecule has 3 aromatic carbocycles. The second-order valence-corrected chi connectivity index (χ2v) is 8.42. The number of aromatic hydroxyl groups is 1. The molecule has 8 heteroatoms. The van der Waals surface area contributed by atoms with E-state index < -0.39 is 6.10 Å². The lowest BCUT2D eigenvalue weighted by atomic mass is 9.96. The molecule has 1 atom stereocenters. The van der Waals surface area contributed by atoms with Gasteiger partial charge in [-0.25, -0.2) is 8.78 Å². The van der Waals surface area contributed by atoms with Crippen LogP contribution in [0.4, 0.5) is 8.78 Å². The van der Waals surface area contributed by atoms with Crippen LogP contribution in [0.15, 0.2) is 66.7 Å². The summed E-state index contributed by atoms with van der Waals surface area (Å²) in [4.78, 5) is 17.0. The molecule has 1 N–H and O–H groups in total. The number of amides is 1. The minimum Gasteiger partial charge on any atom is -0.508 e. The summed E-state index contributed by atoms with van der Waals surface area (Å²) in [6, 6.07) is 17.0. The fraction of sp³-hybridized carbons (Fsp3) is 0.269. The molecule has 34 heavy (non-hydrogen) atoms. The summed E-state index contributed by atoms with van der Waals surface area (Å²) in [5.41, 5.74) is 1.79. The molecule has 5 rings (SSSR count). The van der Waals surface area contributed by atoms with E-state index in [0.717, 1.165) is 11.1 Å². The highest BCUT2D eigenvalue weighted by atomic mass is 19.1. The standard InChI is InChI=1S/C26H24F2N2O4/c27-19-5-1-17(2-6-19)25(18-3-7-20(28)8-4-18)29-11-13-30(14-12-29)26(32)24-16-33-22-10-9-21(31)15-23(22)34-24/h1-10,15,24-25,31H,11-14,16H2. The smallest absolute Gasteiger partial charge is 0.267 e. The van der Waals surface area contributed by atoms with Gasteiger partial charge in [-0.15, -0.1) is 0 Å². The van der Waals surface area contributed by atoms with Crippen molar-refractivity contribution in [2.75, 3.05) is 32.8 Å². The fourth-order valence-electron chi connectivity index (χ4n) is 4.49. The Balaban J connectivity index is 1.29. The molecule has 2 heterocycles. The number of piperazine rings is 1. The maximum absolute atomic E-state index is 13.5. The van der Waals surface area contributed by atoms with Gasteiger partial charge in [0.1, 0.15) is 24.0 Å². The van der Waals surface area contributed by atoms with Crippen molar-refractivity contribution in [3.63, 3.8) is 0 Å². The van der Waals surface area contributed by atoms with Gasteiger partial charge in [-0.3, -0.25) is 9.69 Å². The normalized spacial score (nSPS) is 18.2. The van der Waals surface area contributed by atoms with Gasteiger partial charge in [0.2, 0.25) is 6.10 Å². The summed E-state index contributed by atoms with van der Waals surface area (Å²) in [5.74, 6) is 0.0673. The summed E-state index contributed by atoms with van der Waals surface area (Å²) >= 11 is 0. The van der Waals surface area contributed by atoms with Crippen LogP contribution in [0.1, 0.15) is 17.2 Å². The number of benzene rings is 3. The number of rotatable bonds is 4. The Bertz CT molecular complexity index is 1120. The maximum Gasteiger partial charge on any atom is 0.267 e. The number of halogens is 2. The third kappa shape index (κ3) is 4.54. The molecule has 2 aliphatic rings. The minimum atomic E-state index is -0.786. The van der Waals surface area contributed by atoms with E-state index in [1.807, 2.05) is 0 Å². The average Bonchev–Trinajstić information content (AvgIpc) is 2.86. The number of fused-ring (bicyclic) bond motifs is 1. The molecule has 1 amide bonds. The zero-order chi connectivity index (χ0) is 23.7. The third-order valence-corrected chi connectivity index (χ3v) is 6.22.